The van der Waals surface area contributed by atoms with E-state index in [4.69, 9.17) is 18.9 Å². The quantitative estimate of drug-likeness (QED) is 0.226. The van der Waals surface area contributed by atoms with Gasteiger partial charge in [-0.1, -0.05) is 93.5 Å². The summed E-state index contributed by atoms with van der Waals surface area (Å²) in [4.78, 5) is 27.6. The second-order valence-corrected chi connectivity index (χ2v) is 18.8. The first-order chi connectivity index (χ1) is 23.4. The summed E-state index contributed by atoms with van der Waals surface area (Å²) in [6, 6.07) is 7.95. The van der Waals surface area contributed by atoms with Crippen LogP contribution in [0.1, 0.15) is 128 Å². The molecule has 0 bridgehead atoms. The zero-order chi connectivity index (χ0) is 38.2. The van der Waals surface area contributed by atoms with E-state index in [1.165, 1.54) is 0 Å². The summed E-state index contributed by atoms with van der Waals surface area (Å²) < 4.78 is 25.0. The third-order valence-corrected chi connectivity index (χ3v) is 10.9. The molecular weight excluding hydrogens is 644 g/mol. The number of benzene rings is 2. The Morgan fingerprint density at radius 3 is 1.35 bits per heavy atom. The van der Waals surface area contributed by atoms with E-state index in [0.29, 0.717) is 63.6 Å². The van der Waals surface area contributed by atoms with Gasteiger partial charge in [-0.3, -0.25) is 9.59 Å². The van der Waals surface area contributed by atoms with Crippen molar-refractivity contribution in [1.82, 2.24) is 0 Å². The molecule has 284 valence electrons. The second kappa shape index (κ2) is 14.9. The van der Waals surface area contributed by atoms with Crippen molar-refractivity contribution in [1.29, 1.82) is 0 Å². The number of ketones is 2. The Kier molecular flexibility index (Phi) is 12.0. The van der Waals surface area contributed by atoms with E-state index in [2.05, 4.69) is 41.5 Å². The third-order valence-electron chi connectivity index (χ3n) is 10.9. The van der Waals surface area contributed by atoms with E-state index >= 15 is 0 Å². The summed E-state index contributed by atoms with van der Waals surface area (Å²) in [5.41, 5.74) is 2.90. The van der Waals surface area contributed by atoms with Crippen molar-refractivity contribution in [3.8, 4) is 11.5 Å². The molecular formula is C43H64O8. The Morgan fingerprint density at radius 1 is 0.627 bits per heavy atom. The smallest absolute Gasteiger partial charge is 0.179 e. The van der Waals surface area contributed by atoms with Gasteiger partial charge in [0, 0.05) is 36.5 Å². The van der Waals surface area contributed by atoms with Crippen LogP contribution in [0.5, 0.6) is 11.5 Å². The fourth-order valence-electron chi connectivity index (χ4n) is 8.18. The molecule has 8 nitrogen and oxygen atoms in total. The Balaban J connectivity index is 1.54. The monoisotopic (exact) mass is 708 g/mol. The van der Waals surface area contributed by atoms with E-state index in [0.717, 1.165) is 33.4 Å². The average Bonchev–Trinajstić information content (AvgIpc) is 3.01. The molecule has 0 radical (unpaired) electrons. The van der Waals surface area contributed by atoms with Crippen LogP contribution in [0.4, 0.5) is 0 Å². The molecule has 0 amide bonds. The van der Waals surface area contributed by atoms with Gasteiger partial charge in [0.25, 0.3) is 0 Å². The van der Waals surface area contributed by atoms with Gasteiger partial charge in [0.15, 0.2) is 5.79 Å². The first-order valence-corrected chi connectivity index (χ1v) is 18.5. The van der Waals surface area contributed by atoms with Gasteiger partial charge in [-0.25, -0.2) is 0 Å². The van der Waals surface area contributed by atoms with Gasteiger partial charge in [0.1, 0.15) is 29.9 Å². The molecule has 2 aliphatic heterocycles. The van der Waals surface area contributed by atoms with Gasteiger partial charge in [0.05, 0.1) is 31.8 Å². The summed E-state index contributed by atoms with van der Waals surface area (Å²) >= 11 is 0. The van der Waals surface area contributed by atoms with E-state index in [9.17, 15) is 19.8 Å². The molecule has 4 rings (SSSR count). The first-order valence-electron chi connectivity index (χ1n) is 18.5. The van der Waals surface area contributed by atoms with Crippen LogP contribution in [0.2, 0.25) is 0 Å². The maximum absolute atomic E-state index is 13.8. The predicted octanol–water partition coefficient (Wildman–Crippen LogP) is 8.58. The zero-order valence-electron chi connectivity index (χ0n) is 33.4. The summed E-state index contributed by atoms with van der Waals surface area (Å²) in [5.74, 6) is -0.457. The van der Waals surface area contributed by atoms with E-state index in [-0.39, 0.29) is 42.0 Å². The Morgan fingerprint density at radius 2 is 1.00 bits per heavy atom. The number of ether oxygens (including phenoxy) is 4. The maximum Gasteiger partial charge on any atom is 0.179 e. The normalized spacial score (nSPS) is 18.2. The highest BCUT2D eigenvalue weighted by Crippen LogP contribution is 2.55. The molecule has 8 heteroatoms. The second-order valence-electron chi connectivity index (χ2n) is 18.8. The molecule has 2 heterocycles. The van der Waals surface area contributed by atoms with E-state index in [1.807, 2.05) is 65.8 Å². The fraction of sp³-hybridized carbons (Fsp3) is 0.674. The largest absolute Gasteiger partial charge is 0.507 e. The van der Waals surface area contributed by atoms with Crippen molar-refractivity contribution in [3.63, 3.8) is 0 Å². The molecule has 2 aliphatic rings. The van der Waals surface area contributed by atoms with Crippen LogP contribution in [0, 0.1) is 30.1 Å². The highest BCUT2D eigenvalue weighted by atomic mass is 16.7. The lowest BCUT2D eigenvalue weighted by Crippen LogP contribution is -2.66. The molecule has 2 N–H and O–H groups in total. The molecule has 0 aromatic heterocycles. The van der Waals surface area contributed by atoms with Crippen LogP contribution in [0.15, 0.2) is 24.3 Å². The van der Waals surface area contributed by atoms with Crippen LogP contribution in [-0.2, 0) is 52.2 Å². The van der Waals surface area contributed by atoms with Crippen molar-refractivity contribution in [2.75, 3.05) is 33.2 Å². The first kappa shape index (κ1) is 41.0. The summed E-state index contributed by atoms with van der Waals surface area (Å²) in [6.45, 7) is 26.1. The van der Waals surface area contributed by atoms with E-state index in [1.54, 1.807) is 0 Å². The summed E-state index contributed by atoms with van der Waals surface area (Å²) in [7, 11) is 0. The minimum atomic E-state index is -1.24. The lowest BCUT2D eigenvalue weighted by atomic mass is 9.63. The number of carbonyl (C=O) groups excluding carboxylic acids is 2. The van der Waals surface area contributed by atoms with Crippen LogP contribution in [-0.4, -0.2) is 60.8 Å². The molecule has 2 fully saturated rings. The van der Waals surface area contributed by atoms with Gasteiger partial charge in [-0.15, -0.1) is 0 Å². The zero-order valence-corrected chi connectivity index (χ0v) is 33.4. The number of hydrogen-bond acceptors (Lipinski definition) is 8. The summed E-state index contributed by atoms with van der Waals surface area (Å²) in [6.07, 6.45) is 2.19. The SMILES string of the molecule is Cc1cc(CCC(=O)CC(C)(C)C2(C(C)(C)CC(=O)CCc3cc(C)c(O)c(C(C)(C)C)c3)OCC3(COCOC3)CO2)cc(C(C)(C)C)c1O. The molecule has 0 unspecified atom stereocenters. The van der Waals surface area contributed by atoms with Gasteiger partial charge in [-0.2, -0.15) is 0 Å². The Labute approximate surface area is 306 Å². The number of aromatic hydroxyl groups is 2. The van der Waals surface area contributed by atoms with Gasteiger partial charge < -0.3 is 29.2 Å². The predicted molar refractivity (Wildman–Crippen MR) is 200 cm³/mol. The molecule has 2 saturated heterocycles. The topological polar surface area (TPSA) is 112 Å². The average molecular weight is 709 g/mol. The van der Waals surface area contributed by atoms with Crippen LogP contribution in [0.3, 0.4) is 0 Å². The molecule has 1 spiro atoms. The minimum Gasteiger partial charge on any atom is -0.507 e. The van der Waals surface area contributed by atoms with E-state index < -0.39 is 22.0 Å². The number of phenolic OH excluding ortho intramolecular Hbond substituents is 2. The molecule has 2 aromatic carbocycles. The number of phenols is 2. The molecule has 51 heavy (non-hydrogen) atoms. The molecule has 2 aromatic rings. The van der Waals surface area contributed by atoms with Gasteiger partial charge in [-0.05, 0) is 70.9 Å². The van der Waals surface area contributed by atoms with Crippen LogP contribution in [0.25, 0.3) is 0 Å². The van der Waals surface area contributed by atoms with Gasteiger partial charge in [0.2, 0.25) is 0 Å². The highest BCUT2D eigenvalue weighted by Gasteiger charge is 2.62. The highest BCUT2D eigenvalue weighted by molar-refractivity contribution is 5.80. The summed E-state index contributed by atoms with van der Waals surface area (Å²) in [5, 5.41) is 21.4. The van der Waals surface area contributed by atoms with Crippen molar-refractivity contribution >= 4 is 11.6 Å². The van der Waals surface area contributed by atoms with Gasteiger partial charge >= 0.3 is 0 Å². The van der Waals surface area contributed by atoms with Crippen molar-refractivity contribution in [2.45, 2.75) is 138 Å². The van der Waals surface area contributed by atoms with Crippen molar-refractivity contribution < 1.29 is 38.7 Å². The number of aryl methyl sites for hydroxylation is 4. The molecule has 0 atom stereocenters. The number of hydrogen-bond donors (Lipinski definition) is 2. The number of rotatable bonds is 12. The minimum absolute atomic E-state index is 0.0821. The lowest BCUT2D eigenvalue weighted by molar-refractivity contribution is -0.400. The van der Waals surface area contributed by atoms with Crippen molar-refractivity contribution in [3.05, 3.63) is 57.6 Å². The molecule has 0 aliphatic carbocycles. The number of Topliss-reactive ketones (excluding diaryl/α,β-unsaturated/α-hetero) is 2. The molecule has 0 saturated carbocycles. The van der Waals surface area contributed by atoms with Crippen molar-refractivity contribution in [2.24, 2.45) is 16.2 Å². The fourth-order valence-corrected chi connectivity index (χ4v) is 8.18. The number of carbonyl (C=O) groups is 2. The Hall–Kier alpha value is -2.78. The third kappa shape index (κ3) is 9.06. The standard InChI is InChI=1S/C43H64O8/c1-28-17-30(19-34(36(28)46)38(3,4)5)13-15-32(44)21-40(9,10)43(50-25-42(26-51-43)23-48-27-49-24-42)41(11,12)22-33(45)16-14-31-18-29(2)37(47)35(20-31)39(6,7)8/h17-20,46-47H,13-16,21-27H2,1-12H3. The van der Waals surface area contributed by atoms with Crippen LogP contribution >= 0.6 is 0 Å². The van der Waals surface area contributed by atoms with Crippen LogP contribution < -0.4 is 0 Å². The Bertz CT molecular complexity index is 1470. The lowest BCUT2D eigenvalue weighted by Gasteiger charge is -2.59. The maximum atomic E-state index is 13.8.